The molecule has 0 heterocycles. The molecule has 0 aliphatic heterocycles. The van der Waals surface area contributed by atoms with E-state index in [1.165, 1.54) is 200 Å². The number of rotatable bonds is 30. The lowest BCUT2D eigenvalue weighted by molar-refractivity contribution is 0.575. The first-order valence-corrected chi connectivity index (χ1v) is 26.6. The highest BCUT2D eigenvalue weighted by atomic mass is 14.5. The second kappa shape index (κ2) is 24.6. The van der Waals surface area contributed by atoms with E-state index in [4.69, 9.17) is 0 Å². The minimum Gasteiger partial charge on any atom is -0.0692 e. The molecule has 0 heteroatoms. The van der Waals surface area contributed by atoms with E-state index in [0.717, 1.165) is 12.8 Å². The van der Waals surface area contributed by atoms with Crippen molar-refractivity contribution in [3.8, 4) is 11.1 Å². The predicted molar refractivity (Wildman–Crippen MR) is 274 cm³/mol. The van der Waals surface area contributed by atoms with Crippen LogP contribution < -0.4 is 0 Å². The highest BCUT2D eigenvalue weighted by molar-refractivity contribution is 5.92. The zero-order chi connectivity index (χ0) is 43.6. The number of hydrogen-bond donors (Lipinski definition) is 0. The molecule has 0 nitrogen and oxygen atoms in total. The third-order valence-electron chi connectivity index (χ3n) is 15.4. The van der Waals surface area contributed by atoms with Crippen molar-refractivity contribution in [2.24, 2.45) is 0 Å². The lowest BCUT2D eigenvalue weighted by Crippen LogP contribution is -2.27. The maximum absolute atomic E-state index is 2.61. The first kappa shape index (κ1) is 48.1. The summed E-state index contributed by atoms with van der Waals surface area (Å²) < 4.78 is 0. The lowest BCUT2D eigenvalue weighted by Gasteiger charge is -2.35. The number of unbranched alkanes of at least 4 members (excludes halogenated alkanes) is 20. The standard InChI is InChI=1S/C62H88/c1-7-11-15-19-21-23-25-27-33-49-39-43-51(44-40-49)61(5)48-47-54-53(35-29-17-13-9-3)60-58(56(59(54)61)37-30-18-14-10-4)55-36-31-32-38-57(55)62(60,6)52-45-41-50(42-46-52)34-28-26-24-22-20-16-12-8-2/h31-32,36,38-48H,7-30,33-35,37H2,1-6H3. The van der Waals surface area contributed by atoms with Crippen LogP contribution in [-0.2, 0) is 36.5 Å². The monoisotopic (exact) mass is 833 g/mol. The van der Waals surface area contributed by atoms with Crippen LogP contribution in [0.15, 0.2) is 78.9 Å². The normalized spacial score (nSPS) is 17.5. The Bertz CT molecular complexity index is 1950. The molecule has 0 saturated heterocycles. The molecule has 2 aliphatic rings. The number of hydrogen-bond acceptors (Lipinski definition) is 0. The average Bonchev–Trinajstić information content (AvgIpc) is 3.79. The Morgan fingerprint density at radius 1 is 0.387 bits per heavy atom. The zero-order valence-electron chi connectivity index (χ0n) is 40.9. The Hall–Kier alpha value is -3.38. The Morgan fingerprint density at radius 3 is 1.32 bits per heavy atom. The molecule has 0 amide bonds. The van der Waals surface area contributed by atoms with Crippen molar-refractivity contribution in [3.63, 3.8) is 0 Å². The molecular formula is C62H88. The van der Waals surface area contributed by atoms with Crippen LogP contribution in [0.5, 0.6) is 0 Å². The summed E-state index contributed by atoms with van der Waals surface area (Å²) in [6.07, 6.45) is 42.2. The van der Waals surface area contributed by atoms with Gasteiger partial charge in [0.25, 0.3) is 0 Å². The summed E-state index contributed by atoms with van der Waals surface area (Å²) in [5.41, 5.74) is 18.3. The van der Waals surface area contributed by atoms with Crippen LogP contribution in [0, 0.1) is 0 Å². The van der Waals surface area contributed by atoms with E-state index in [-0.39, 0.29) is 10.8 Å². The van der Waals surface area contributed by atoms with Crippen molar-refractivity contribution in [3.05, 3.63) is 135 Å². The summed E-state index contributed by atoms with van der Waals surface area (Å²) in [4.78, 5) is 0. The van der Waals surface area contributed by atoms with Gasteiger partial charge in [0.2, 0.25) is 0 Å². The molecule has 0 spiro atoms. The summed E-state index contributed by atoms with van der Waals surface area (Å²) in [7, 11) is 0. The van der Waals surface area contributed by atoms with Gasteiger partial charge in [-0.25, -0.2) is 0 Å². The number of fused-ring (bicyclic) bond motifs is 4. The Morgan fingerprint density at radius 2 is 0.806 bits per heavy atom. The maximum atomic E-state index is 2.61. The number of benzene rings is 4. The van der Waals surface area contributed by atoms with E-state index >= 15 is 0 Å². The molecule has 4 aromatic carbocycles. The van der Waals surface area contributed by atoms with Crippen LogP contribution in [0.1, 0.15) is 251 Å². The van der Waals surface area contributed by atoms with Crippen LogP contribution >= 0.6 is 0 Å². The molecule has 0 saturated carbocycles. The van der Waals surface area contributed by atoms with E-state index in [9.17, 15) is 0 Å². The first-order valence-electron chi connectivity index (χ1n) is 26.6. The van der Waals surface area contributed by atoms with Crippen LogP contribution in [0.25, 0.3) is 17.2 Å². The fraction of sp³-hybridized carbons (Fsp3) is 0.581. The molecule has 2 atom stereocenters. The van der Waals surface area contributed by atoms with E-state index in [1.807, 2.05) is 0 Å². The molecule has 2 unspecified atom stereocenters. The van der Waals surface area contributed by atoms with E-state index in [0.29, 0.717) is 0 Å². The van der Waals surface area contributed by atoms with Crippen LogP contribution in [-0.4, -0.2) is 0 Å². The van der Waals surface area contributed by atoms with Crippen molar-refractivity contribution in [1.82, 2.24) is 0 Å². The molecule has 4 aromatic rings. The van der Waals surface area contributed by atoms with Crippen molar-refractivity contribution in [1.29, 1.82) is 0 Å². The van der Waals surface area contributed by atoms with Crippen LogP contribution in [0.3, 0.4) is 0 Å². The van der Waals surface area contributed by atoms with Gasteiger partial charge in [0.05, 0.1) is 0 Å². The van der Waals surface area contributed by atoms with Crippen LogP contribution in [0.4, 0.5) is 0 Å². The minimum atomic E-state index is -0.194. The van der Waals surface area contributed by atoms with Gasteiger partial charge in [0.15, 0.2) is 0 Å². The fourth-order valence-electron chi connectivity index (χ4n) is 11.6. The van der Waals surface area contributed by atoms with Gasteiger partial charge >= 0.3 is 0 Å². The predicted octanol–water partition coefficient (Wildman–Crippen LogP) is 19.0. The summed E-state index contributed by atoms with van der Waals surface area (Å²) in [5, 5.41) is 0. The van der Waals surface area contributed by atoms with Gasteiger partial charge in [-0.2, -0.15) is 0 Å². The second-order valence-electron chi connectivity index (χ2n) is 20.2. The van der Waals surface area contributed by atoms with Gasteiger partial charge in [-0.1, -0.05) is 241 Å². The smallest absolute Gasteiger partial charge is 0.0438 e. The van der Waals surface area contributed by atoms with Crippen molar-refractivity contribution >= 4 is 6.08 Å². The summed E-state index contributed by atoms with van der Waals surface area (Å²) in [6.45, 7) is 14.5. The van der Waals surface area contributed by atoms with Gasteiger partial charge in [-0.15, -0.1) is 0 Å². The largest absolute Gasteiger partial charge is 0.0692 e. The third kappa shape index (κ3) is 11.5. The molecule has 0 radical (unpaired) electrons. The highest BCUT2D eigenvalue weighted by Gasteiger charge is 2.47. The molecule has 0 bridgehead atoms. The minimum absolute atomic E-state index is 0.148. The fourth-order valence-corrected chi connectivity index (χ4v) is 11.6. The van der Waals surface area contributed by atoms with E-state index < -0.39 is 0 Å². The number of allylic oxidation sites excluding steroid dienone is 1. The SMILES string of the molecule is CCCCCCCCCCc1ccc(C2(C)C=Cc3c(CCCCCC)c4c(c(CCCCCC)c32)-c2ccccc2C4(C)c2ccc(CCCCCCCCCC)cc2)cc1. The quantitative estimate of drug-likeness (QED) is 0.0459. The van der Waals surface area contributed by atoms with Crippen molar-refractivity contribution < 1.29 is 0 Å². The summed E-state index contributed by atoms with van der Waals surface area (Å²) in [6, 6.07) is 29.6. The molecular weight excluding hydrogens is 745 g/mol. The summed E-state index contributed by atoms with van der Waals surface area (Å²) >= 11 is 0. The average molecular weight is 833 g/mol. The van der Waals surface area contributed by atoms with E-state index in [2.05, 4.69) is 126 Å². The molecule has 0 N–H and O–H groups in total. The van der Waals surface area contributed by atoms with Gasteiger partial charge in [-0.3, -0.25) is 0 Å². The van der Waals surface area contributed by atoms with Crippen LogP contribution in [0.2, 0.25) is 0 Å². The van der Waals surface area contributed by atoms with E-state index in [1.54, 1.807) is 33.4 Å². The second-order valence-corrected chi connectivity index (χ2v) is 20.2. The van der Waals surface area contributed by atoms with Gasteiger partial charge in [-0.05, 0) is 132 Å². The third-order valence-corrected chi connectivity index (χ3v) is 15.4. The van der Waals surface area contributed by atoms with Gasteiger partial charge in [0.1, 0.15) is 0 Å². The van der Waals surface area contributed by atoms with Gasteiger partial charge in [0, 0.05) is 10.8 Å². The molecule has 62 heavy (non-hydrogen) atoms. The molecule has 2 aliphatic carbocycles. The zero-order valence-corrected chi connectivity index (χ0v) is 40.9. The maximum Gasteiger partial charge on any atom is 0.0438 e. The Balaban J connectivity index is 1.36. The number of aryl methyl sites for hydroxylation is 2. The lowest BCUT2D eigenvalue weighted by atomic mass is 9.68. The van der Waals surface area contributed by atoms with Crippen molar-refractivity contribution in [2.75, 3.05) is 0 Å². The van der Waals surface area contributed by atoms with Crippen molar-refractivity contribution in [2.45, 2.75) is 232 Å². The molecule has 0 fully saturated rings. The highest BCUT2D eigenvalue weighted by Crippen LogP contribution is 2.59. The molecule has 336 valence electrons. The Labute approximate surface area is 382 Å². The Kier molecular flexibility index (Phi) is 19.1. The summed E-state index contributed by atoms with van der Waals surface area (Å²) in [5.74, 6) is 0. The van der Waals surface area contributed by atoms with Gasteiger partial charge < -0.3 is 0 Å². The topological polar surface area (TPSA) is 0 Å². The molecule has 0 aromatic heterocycles. The first-order chi connectivity index (χ1) is 30.4. The molecule has 6 rings (SSSR count).